The van der Waals surface area contributed by atoms with Crippen LogP contribution in [-0.4, -0.2) is 23.4 Å². The standard InChI is InChI=1S/HO3Te/c1-4(2)3/h(H,1,2,3). The van der Waals surface area contributed by atoms with Crippen molar-refractivity contribution in [3.05, 3.63) is 0 Å². The summed E-state index contributed by atoms with van der Waals surface area (Å²) in [5, 5.41) is 0. The van der Waals surface area contributed by atoms with E-state index in [-0.39, 0.29) is 0 Å². The van der Waals surface area contributed by atoms with Crippen molar-refractivity contribution in [2.24, 2.45) is 0 Å². The van der Waals surface area contributed by atoms with E-state index in [1.807, 2.05) is 0 Å². The molecule has 0 atom stereocenters. The van der Waals surface area contributed by atoms with E-state index in [1.54, 1.807) is 0 Å². The van der Waals surface area contributed by atoms with Crippen molar-refractivity contribution in [2.45, 2.75) is 0 Å². The van der Waals surface area contributed by atoms with Gasteiger partial charge in [0.25, 0.3) is 0 Å². The van der Waals surface area contributed by atoms with Crippen LogP contribution < -0.4 is 0 Å². The Balaban J connectivity index is 3.51. The van der Waals surface area contributed by atoms with Crippen molar-refractivity contribution in [3.8, 4) is 0 Å². The van der Waals surface area contributed by atoms with Crippen molar-refractivity contribution >= 4 is 19.9 Å². The van der Waals surface area contributed by atoms with Gasteiger partial charge in [-0.2, -0.15) is 0 Å². The summed E-state index contributed by atoms with van der Waals surface area (Å²) in [6.45, 7) is 0. The third-order valence-corrected chi connectivity index (χ3v) is 0. The van der Waals surface area contributed by atoms with Gasteiger partial charge in [-0.05, 0) is 0 Å². The van der Waals surface area contributed by atoms with Gasteiger partial charge >= 0.3 is 29.6 Å². The molecule has 0 aliphatic rings. The molecular formula is HO3Te. The van der Waals surface area contributed by atoms with Gasteiger partial charge in [0.05, 0.1) is 0 Å². The molecule has 1 N–H and O–H groups in total. The Hall–Kier alpha value is 0.350. The molecule has 0 aromatic carbocycles. The Morgan fingerprint density at radius 1 is 1.50 bits per heavy atom. The zero-order valence-corrected chi connectivity index (χ0v) is 4.00. The van der Waals surface area contributed by atoms with Gasteiger partial charge in [-0.15, -0.1) is 0 Å². The van der Waals surface area contributed by atoms with Crippen LogP contribution in [0.3, 0.4) is 0 Å². The molecule has 0 heterocycles. The minimum absolute atomic E-state index is 3.86. The summed E-state index contributed by atoms with van der Waals surface area (Å²) < 4.78 is 24.5. The molecule has 0 fully saturated rings. The molecule has 0 unspecified atom stereocenters. The molecule has 0 rings (SSSR count). The average Bonchev–Trinajstić information content (AvgIpc) is 0.811. The van der Waals surface area contributed by atoms with Gasteiger partial charge in [-0.1, -0.05) is 0 Å². The van der Waals surface area contributed by atoms with Crippen LogP contribution in [-0.2, 0) is 6.21 Å². The summed E-state index contributed by atoms with van der Waals surface area (Å²) in [5.74, 6) is 0. The van der Waals surface area contributed by atoms with Gasteiger partial charge in [-0.3, -0.25) is 0 Å². The molecule has 0 aromatic rings. The van der Waals surface area contributed by atoms with Crippen LogP contribution in [0.25, 0.3) is 0 Å². The van der Waals surface area contributed by atoms with Gasteiger partial charge in [-0.25, -0.2) is 0 Å². The minimum atomic E-state index is -3.86. The fraction of sp³-hybridized carbons (Fsp3) is 0. The van der Waals surface area contributed by atoms with E-state index >= 15 is 0 Å². The van der Waals surface area contributed by atoms with Crippen molar-refractivity contribution < 1.29 is 9.68 Å². The van der Waals surface area contributed by atoms with Crippen molar-refractivity contribution in [2.75, 3.05) is 0 Å². The van der Waals surface area contributed by atoms with E-state index in [4.69, 9.17) is 9.68 Å². The molecule has 4 heavy (non-hydrogen) atoms. The maximum atomic E-state index is 8.70. The molecule has 1 radical (unpaired) electrons. The van der Waals surface area contributed by atoms with E-state index < -0.39 is 19.9 Å². The zero-order valence-electron chi connectivity index (χ0n) is 1.67. The Bertz CT molecular complexity index is 51.7. The summed E-state index contributed by atoms with van der Waals surface area (Å²) >= 11 is -3.86. The number of rotatable bonds is 0. The molecule has 0 saturated heterocycles. The van der Waals surface area contributed by atoms with Crippen LogP contribution in [0.4, 0.5) is 0 Å². The van der Waals surface area contributed by atoms with Gasteiger partial charge in [0.2, 0.25) is 0 Å². The summed E-state index contributed by atoms with van der Waals surface area (Å²) in [4.78, 5) is 0. The van der Waals surface area contributed by atoms with Gasteiger partial charge < -0.3 is 0 Å². The van der Waals surface area contributed by atoms with Crippen LogP contribution in [0.5, 0.6) is 0 Å². The van der Waals surface area contributed by atoms with E-state index in [1.165, 1.54) is 0 Å². The molecular weight excluding hydrogens is 176 g/mol. The van der Waals surface area contributed by atoms with E-state index in [0.29, 0.717) is 0 Å². The van der Waals surface area contributed by atoms with Crippen molar-refractivity contribution in [1.29, 1.82) is 0 Å². The van der Waals surface area contributed by atoms with Crippen LogP contribution in [0.15, 0.2) is 0 Å². The molecule has 3 nitrogen and oxygen atoms in total. The molecule has 25 valence electrons. The SMILES string of the molecule is O=[Te](=O)O. The molecule has 0 aliphatic heterocycles. The zero-order chi connectivity index (χ0) is 3.58. The fourth-order valence-electron chi connectivity index (χ4n) is 0. The second-order valence-corrected chi connectivity index (χ2v) is 1.46. The first-order chi connectivity index (χ1) is 1.73. The second kappa shape index (κ2) is 1.65. The van der Waals surface area contributed by atoms with Gasteiger partial charge in [0.1, 0.15) is 0 Å². The maximum absolute atomic E-state index is 8.70. The molecule has 0 bridgehead atoms. The van der Waals surface area contributed by atoms with Crippen LogP contribution in [0.1, 0.15) is 0 Å². The van der Waals surface area contributed by atoms with Gasteiger partial charge in [0.15, 0.2) is 0 Å². The average molecular weight is 177 g/mol. The third-order valence-electron chi connectivity index (χ3n) is 0. The fourth-order valence-corrected chi connectivity index (χ4v) is 0. The predicted molar refractivity (Wildman–Crippen MR) is 9.35 cm³/mol. The summed E-state index contributed by atoms with van der Waals surface area (Å²) in [7, 11) is 0. The Labute approximate surface area is 30.2 Å². The first-order valence-electron chi connectivity index (χ1n) is 0.516. The van der Waals surface area contributed by atoms with Crippen LogP contribution in [0, 0.1) is 0 Å². The normalized spacial score (nSPS) is 6.25. The molecule has 0 spiro atoms. The molecule has 0 saturated carbocycles. The Morgan fingerprint density at radius 2 is 1.50 bits per heavy atom. The van der Waals surface area contributed by atoms with Crippen LogP contribution >= 0.6 is 0 Å². The summed E-state index contributed by atoms with van der Waals surface area (Å²) in [5.41, 5.74) is 0. The molecule has 0 amide bonds. The monoisotopic (exact) mass is 179 g/mol. The first-order valence-corrected chi connectivity index (χ1v) is 3.46. The summed E-state index contributed by atoms with van der Waals surface area (Å²) in [6, 6.07) is 0. The Morgan fingerprint density at radius 3 is 1.50 bits per heavy atom. The van der Waals surface area contributed by atoms with Crippen LogP contribution in [0.2, 0.25) is 0 Å². The predicted octanol–water partition coefficient (Wildman–Crippen LogP) is -1.18. The number of hydrogen-bond acceptors (Lipinski definition) is 2. The van der Waals surface area contributed by atoms with Gasteiger partial charge in [0, 0.05) is 0 Å². The summed E-state index contributed by atoms with van der Waals surface area (Å²) in [6.07, 6.45) is 0. The molecule has 0 aliphatic carbocycles. The van der Waals surface area contributed by atoms with Crippen molar-refractivity contribution in [1.82, 2.24) is 0 Å². The first kappa shape index (κ1) is 4.35. The number of hydrogen-bond donors (Lipinski definition) is 1. The van der Waals surface area contributed by atoms with E-state index in [0.717, 1.165) is 0 Å². The topological polar surface area (TPSA) is 54.4 Å². The Kier molecular flexibility index (Phi) is 1.79. The second-order valence-electron chi connectivity index (χ2n) is 0.217. The molecule has 4 heteroatoms. The van der Waals surface area contributed by atoms with E-state index in [2.05, 4.69) is 0 Å². The quantitative estimate of drug-likeness (QED) is 0.473. The van der Waals surface area contributed by atoms with E-state index in [9.17, 15) is 0 Å². The molecule has 0 aromatic heterocycles. The van der Waals surface area contributed by atoms with Crippen molar-refractivity contribution in [3.63, 3.8) is 0 Å². The third kappa shape index (κ3) is 35.0.